The van der Waals surface area contributed by atoms with Crippen molar-refractivity contribution in [3.05, 3.63) is 25.3 Å². The molecule has 0 aliphatic carbocycles. The molecular weight excluding hydrogens is 228 g/mol. The lowest BCUT2D eigenvalue weighted by molar-refractivity contribution is -0.140. The van der Waals surface area contributed by atoms with E-state index < -0.39 is 11.9 Å². The van der Waals surface area contributed by atoms with Crippen LogP contribution in [0.3, 0.4) is 0 Å². The number of esters is 2. The number of carbonyl (C=O) groups excluding carboxylic acids is 2. The van der Waals surface area contributed by atoms with E-state index in [4.69, 9.17) is 10.2 Å². The Kier molecular flexibility index (Phi) is 12.9. The van der Waals surface area contributed by atoms with E-state index in [1.165, 1.54) is 7.11 Å². The number of ether oxygens (including phenoxy) is 2. The standard InChI is InChI=1S/C7H12O4.C4H6O2/c1-2-7(10)11-5-6(3-8)4-9;1-3-4(5)6-2/h2,6,8-9H,1,3-5H2;3H,1H2,2H3. The number of methoxy groups -OCH3 is 1. The highest BCUT2D eigenvalue weighted by atomic mass is 16.5. The predicted octanol–water partition coefficient (Wildman–Crippen LogP) is -0.338. The summed E-state index contributed by atoms with van der Waals surface area (Å²) in [7, 11) is 1.31. The normalized spacial score (nSPS) is 8.71. The summed E-state index contributed by atoms with van der Waals surface area (Å²) in [5, 5.41) is 17.1. The molecule has 6 nitrogen and oxygen atoms in total. The fourth-order valence-corrected chi connectivity index (χ4v) is 0.505. The van der Waals surface area contributed by atoms with Crippen LogP contribution in [0.25, 0.3) is 0 Å². The molecule has 0 saturated carbocycles. The largest absolute Gasteiger partial charge is 0.466 e. The second kappa shape index (κ2) is 12.4. The fraction of sp³-hybridized carbons (Fsp3) is 0.455. The van der Waals surface area contributed by atoms with E-state index in [2.05, 4.69) is 22.6 Å². The molecule has 0 atom stereocenters. The summed E-state index contributed by atoms with van der Waals surface area (Å²) in [6.45, 7) is 5.99. The van der Waals surface area contributed by atoms with E-state index in [0.717, 1.165) is 12.2 Å². The zero-order valence-corrected chi connectivity index (χ0v) is 9.80. The fourth-order valence-electron chi connectivity index (χ4n) is 0.505. The molecule has 0 unspecified atom stereocenters. The molecule has 0 radical (unpaired) electrons. The molecule has 0 saturated heterocycles. The van der Waals surface area contributed by atoms with Crippen LogP contribution in [0.5, 0.6) is 0 Å². The van der Waals surface area contributed by atoms with Gasteiger partial charge in [0.1, 0.15) is 0 Å². The minimum absolute atomic E-state index is 0.0256. The van der Waals surface area contributed by atoms with Gasteiger partial charge in [-0.05, 0) is 0 Å². The third kappa shape index (κ3) is 12.3. The summed E-state index contributed by atoms with van der Waals surface area (Å²) in [5.74, 6) is -1.33. The van der Waals surface area contributed by atoms with Gasteiger partial charge in [-0.2, -0.15) is 0 Å². The molecule has 0 heterocycles. The van der Waals surface area contributed by atoms with Gasteiger partial charge in [-0.1, -0.05) is 13.2 Å². The molecule has 0 aromatic heterocycles. The molecule has 6 heteroatoms. The average molecular weight is 246 g/mol. The summed E-state index contributed by atoms with van der Waals surface area (Å²) in [6.07, 6.45) is 2.14. The molecule has 0 amide bonds. The molecule has 0 spiro atoms. The van der Waals surface area contributed by atoms with E-state index in [-0.39, 0.29) is 25.7 Å². The molecule has 2 N–H and O–H groups in total. The van der Waals surface area contributed by atoms with E-state index in [0.29, 0.717) is 0 Å². The van der Waals surface area contributed by atoms with Gasteiger partial charge in [-0.15, -0.1) is 0 Å². The van der Waals surface area contributed by atoms with Gasteiger partial charge in [0.15, 0.2) is 0 Å². The molecule has 0 aliphatic rings. The zero-order valence-electron chi connectivity index (χ0n) is 9.80. The highest BCUT2D eigenvalue weighted by Crippen LogP contribution is 1.94. The Hall–Kier alpha value is -1.66. The number of hydrogen-bond acceptors (Lipinski definition) is 6. The van der Waals surface area contributed by atoms with Crippen molar-refractivity contribution in [2.45, 2.75) is 0 Å². The van der Waals surface area contributed by atoms with Crippen LogP contribution in [-0.2, 0) is 19.1 Å². The second-order valence-electron chi connectivity index (χ2n) is 2.79. The monoisotopic (exact) mass is 246 g/mol. The van der Waals surface area contributed by atoms with Gasteiger partial charge < -0.3 is 19.7 Å². The highest BCUT2D eigenvalue weighted by Gasteiger charge is 2.07. The van der Waals surface area contributed by atoms with Crippen LogP contribution in [0.15, 0.2) is 25.3 Å². The maximum Gasteiger partial charge on any atom is 0.330 e. The molecule has 0 rings (SSSR count). The Morgan fingerprint density at radius 3 is 1.88 bits per heavy atom. The van der Waals surface area contributed by atoms with Crippen LogP contribution in [-0.4, -0.2) is 49.1 Å². The number of rotatable bonds is 6. The molecule has 0 aromatic carbocycles. The van der Waals surface area contributed by atoms with Crippen molar-refractivity contribution >= 4 is 11.9 Å². The SMILES string of the molecule is C=CC(=O)OC.C=CC(=O)OCC(CO)CO. The van der Waals surface area contributed by atoms with Crippen LogP contribution in [0.1, 0.15) is 0 Å². The van der Waals surface area contributed by atoms with E-state index >= 15 is 0 Å². The predicted molar refractivity (Wildman–Crippen MR) is 61.0 cm³/mol. The van der Waals surface area contributed by atoms with Crippen molar-refractivity contribution in [2.75, 3.05) is 26.9 Å². The van der Waals surface area contributed by atoms with E-state index in [1.54, 1.807) is 0 Å². The third-order valence-electron chi connectivity index (χ3n) is 1.51. The minimum atomic E-state index is -0.545. The lowest BCUT2D eigenvalue weighted by Crippen LogP contribution is -2.19. The lowest BCUT2D eigenvalue weighted by Gasteiger charge is -2.09. The van der Waals surface area contributed by atoms with Crippen LogP contribution < -0.4 is 0 Å². The third-order valence-corrected chi connectivity index (χ3v) is 1.51. The van der Waals surface area contributed by atoms with Crippen LogP contribution in [0, 0.1) is 5.92 Å². The molecule has 98 valence electrons. The first-order valence-corrected chi connectivity index (χ1v) is 4.76. The molecule has 0 aromatic rings. The number of carbonyl (C=O) groups is 2. The molecule has 17 heavy (non-hydrogen) atoms. The van der Waals surface area contributed by atoms with E-state index in [9.17, 15) is 9.59 Å². The molecular formula is C11H18O6. The average Bonchev–Trinajstić information content (AvgIpc) is 2.39. The highest BCUT2D eigenvalue weighted by molar-refractivity contribution is 5.81. The van der Waals surface area contributed by atoms with Crippen molar-refractivity contribution < 1.29 is 29.3 Å². The van der Waals surface area contributed by atoms with Crippen molar-refractivity contribution in [3.63, 3.8) is 0 Å². The van der Waals surface area contributed by atoms with Crippen molar-refractivity contribution in [1.29, 1.82) is 0 Å². The number of aliphatic hydroxyl groups is 2. The Morgan fingerprint density at radius 2 is 1.65 bits per heavy atom. The second-order valence-corrected chi connectivity index (χ2v) is 2.79. The first-order valence-electron chi connectivity index (χ1n) is 4.76. The molecule has 0 bridgehead atoms. The van der Waals surface area contributed by atoms with Gasteiger partial charge in [0.25, 0.3) is 0 Å². The van der Waals surface area contributed by atoms with Gasteiger partial charge >= 0.3 is 11.9 Å². The van der Waals surface area contributed by atoms with Gasteiger partial charge in [0.05, 0.1) is 26.9 Å². The topological polar surface area (TPSA) is 93.1 Å². The number of hydrogen-bond donors (Lipinski definition) is 2. The summed E-state index contributed by atoms with van der Waals surface area (Å²) in [5.41, 5.74) is 0. The Balaban J connectivity index is 0. The van der Waals surface area contributed by atoms with Crippen molar-refractivity contribution in [1.82, 2.24) is 0 Å². The summed E-state index contributed by atoms with van der Waals surface area (Å²) < 4.78 is 8.70. The summed E-state index contributed by atoms with van der Waals surface area (Å²) in [6, 6.07) is 0. The van der Waals surface area contributed by atoms with Crippen LogP contribution >= 0.6 is 0 Å². The molecule has 0 fully saturated rings. The van der Waals surface area contributed by atoms with Crippen molar-refractivity contribution in [2.24, 2.45) is 5.92 Å². The Morgan fingerprint density at radius 1 is 1.18 bits per heavy atom. The Bertz CT molecular complexity index is 244. The molecule has 0 aliphatic heterocycles. The maximum absolute atomic E-state index is 10.4. The first-order chi connectivity index (χ1) is 8.05. The smallest absolute Gasteiger partial charge is 0.330 e. The van der Waals surface area contributed by atoms with Gasteiger partial charge in [0.2, 0.25) is 0 Å². The van der Waals surface area contributed by atoms with Crippen LogP contribution in [0.2, 0.25) is 0 Å². The van der Waals surface area contributed by atoms with E-state index in [1.807, 2.05) is 0 Å². The minimum Gasteiger partial charge on any atom is -0.466 e. The van der Waals surface area contributed by atoms with Crippen LogP contribution in [0.4, 0.5) is 0 Å². The zero-order chi connectivity index (χ0) is 13.7. The first kappa shape index (κ1) is 17.7. The Labute approximate surface area is 100 Å². The summed E-state index contributed by atoms with van der Waals surface area (Å²) in [4.78, 5) is 20.3. The van der Waals surface area contributed by atoms with Crippen molar-refractivity contribution in [3.8, 4) is 0 Å². The van der Waals surface area contributed by atoms with Gasteiger partial charge in [-0.25, -0.2) is 9.59 Å². The quantitative estimate of drug-likeness (QED) is 0.492. The summed E-state index contributed by atoms with van der Waals surface area (Å²) >= 11 is 0. The lowest BCUT2D eigenvalue weighted by atomic mass is 10.2. The van der Waals surface area contributed by atoms with Gasteiger partial charge in [-0.3, -0.25) is 0 Å². The maximum atomic E-state index is 10.4. The number of aliphatic hydroxyl groups excluding tert-OH is 2. The van der Waals surface area contributed by atoms with Gasteiger partial charge in [0, 0.05) is 18.1 Å².